The molecule has 0 saturated heterocycles. The van der Waals surface area contributed by atoms with Crippen molar-refractivity contribution in [1.29, 1.82) is 0 Å². The molecule has 216 valence electrons. The number of aryl methyl sites for hydroxylation is 1. The SMILES string of the molecule is CC(CN(C(CO)CCCCNC(=O)CCc1ccc2ccccc2c1)S(=O)(=O)c1ccc(F)c(N)c1)C(N)=O. The highest BCUT2D eigenvalue weighted by Crippen LogP contribution is 2.25. The molecular formula is C29H37FN4O5S. The van der Waals surface area contributed by atoms with E-state index in [1.165, 1.54) is 6.92 Å². The van der Waals surface area contributed by atoms with Crippen LogP contribution in [0.15, 0.2) is 65.6 Å². The van der Waals surface area contributed by atoms with Crippen LogP contribution in [-0.2, 0) is 26.0 Å². The lowest BCUT2D eigenvalue weighted by atomic mass is 10.0. The second kappa shape index (κ2) is 14.2. The van der Waals surface area contributed by atoms with Gasteiger partial charge in [-0.3, -0.25) is 9.59 Å². The highest BCUT2D eigenvalue weighted by atomic mass is 32.2. The molecule has 3 rings (SSSR count). The predicted octanol–water partition coefficient (Wildman–Crippen LogP) is 2.95. The summed E-state index contributed by atoms with van der Waals surface area (Å²) in [6.07, 6.45) is 2.28. The Kier molecular flexibility index (Phi) is 11.0. The van der Waals surface area contributed by atoms with Gasteiger partial charge in [0.2, 0.25) is 21.8 Å². The maximum absolute atomic E-state index is 13.7. The van der Waals surface area contributed by atoms with Crippen LogP contribution >= 0.6 is 0 Å². The summed E-state index contributed by atoms with van der Waals surface area (Å²) in [5.74, 6) is -2.36. The van der Waals surface area contributed by atoms with E-state index in [1.807, 2.05) is 36.4 Å². The van der Waals surface area contributed by atoms with Crippen LogP contribution in [-0.4, -0.2) is 55.4 Å². The van der Waals surface area contributed by atoms with Gasteiger partial charge in [0.25, 0.3) is 0 Å². The van der Waals surface area contributed by atoms with Crippen molar-refractivity contribution in [2.75, 3.05) is 25.4 Å². The van der Waals surface area contributed by atoms with Crippen molar-refractivity contribution < 1.29 is 27.5 Å². The van der Waals surface area contributed by atoms with Crippen molar-refractivity contribution in [3.05, 3.63) is 72.0 Å². The lowest BCUT2D eigenvalue weighted by molar-refractivity contribution is -0.122. The van der Waals surface area contributed by atoms with Gasteiger partial charge in [-0.05, 0) is 53.8 Å². The van der Waals surface area contributed by atoms with Gasteiger partial charge >= 0.3 is 0 Å². The summed E-state index contributed by atoms with van der Waals surface area (Å²) >= 11 is 0. The van der Waals surface area contributed by atoms with Gasteiger partial charge in [-0.15, -0.1) is 0 Å². The van der Waals surface area contributed by atoms with E-state index in [4.69, 9.17) is 11.5 Å². The van der Waals surface area contributed by atoms with E-state index in [9.17, 15) is 27.5 Å². The third-order valence-corrected chi connectivity index (χ3v) is 8.79. The molecule has 11 heteroatoms. The number of hydrogen-bond donors (Lipinski definition) is 4. The molecule has 40 heavy (non-hydrogen) atoms. The zero-order valence-corrected chi connectivity index (χ0v) is 23.4. The first-order valence-corrected chi connectivity index (χ1v) is 14.7. The standard InChI is InChI=1S/C29H37FN4O5S/c1-20(29(32)37)18-34(40(38,39)25-12-13-26(30)27(31)17-25)24(19-35)8-4-5-15-33-28(36)14-10-21-9-11-22-6-2-3-7-23(22)16-21/h2-3,6-7,9,11-13,16-17,20,24,35H,4-5,8,10,14-15,18-19,31H2,1H3,(H2,32,37)(H,33,36). The summed E-state index contributed by atoms with van der Waals surface area (Å²) in [7, 11) is -4.23. The number of primary amides is 1. The van der Waals surface area contributed by atoms with Crippen LogP contribution in [0.5, 0.6) is 0 Å². The Labute approximate surface area is 234 Å². The van der Waals surface area contributed by atoms with Crippen LogP contribution < -0.4 is 16.8 Å². The molecule has 0 aliphatic rings. The van der Waals surface area contributed by atoms with E-state index in [0.29, 0.717) is 32.2 Å². The third kappa shape index (κ3) is 8.23. The van der Waals surface area contributed by atoms with Gasteiger partial charge in [0.15, 0.2) is 0 Å². The van der Waals surface area contributed by atoms with Gasteiger partial charge in [-0.25, -0.2) is 12.8 Å². The van der Waals surface area contributed by atoms with E-state index in [2.05, 4.69) is 11.4 Å². The number of fused-ring (bicyclic) bond motifs is 1. The number of amides is 2. The largest absolute Gasteiger partial charge is 0.396 e. The predicted molar refractivity (Wildman–Crippen MR) is 153 cm³/mol. The van der Waals surface area contributed by atoms with Gasteiger partial charge in [-0.2, -0.15) is 4.31 Å². The molecule has 2 amide bonds. The Morgan fingerprint density at radius 3 is 2.45 bits per heavy atom. The number of unbranched alkanes of at least 4 members (excludes halogenated alkanes) is 1. The summed E-state index contributed by atoms with van der Waals surface area (Å²) in [6, 6.07) is 16.4. The Morgan fingerprint density at radius 2 is 1.77 bits per heavy atom. The minimum Gasteiger partial charge on any atom is -0.396 e. The molecule has 9 nitrogen and oxygen atoms in total. The molecule has 6 N–H and O–H groups in total. The first kappa shape index (κ1) is 31.0. The lowest BCUT2D eigenvalue weighted by Crippen LogP contribution is -2.46. The quantitative estimate of drug-likeness (QED) is 0.162. The molecule has 3 aromatic carbocycles. The van der Waals surface area contributed by atoms with E-state index in [-0.39, 0.29) is 29.5 Å². The lowest BCUT2D eigenvalue weighted by Gasteiger charge is -2.31. The number of nitrogens with two attached hydrogens (primary N) is 2. The second-order valence-electron chi connectivity index (χ2n) is 9.93. The molecular weight excluding hydrogens is 535 g/mol. The Balaban J connectivity index is 1.54. The molecule has 0 fully saturated rings. The Bertz CT molecular complexity index is 1430. The number of anilines is 1. The smallest absolute Gasteiger partial charge is 0.243 e. The molecule has 2 atom stereocenters. The number of aliphatic hydroxyl groups excluding tert-OH is 1. The number of nitrogen functional groups attached to an aromatic ring is 1. The fraction of sp³-hybridized carbons (Fsp3) is 0.379. The average molecular weight is 573 g/mol. The number of hydrogen-bond acceptors (Lipinski definition) is 6. The van der Waals surface area contributed by atoms with Crippen molar-refractivity contribution in [2.45, 2.75) is 50.0 Å². The number of nitrogens with zero attached hydrogens (tertiary/aromatic N) is 1. The topological polar surface area (TPSA) is 156 Å². The fourth-order valence-corrected chi connectivity index (χ4v) is 6.19. The number of carbonyl (C=O) groups is 2. The normalized spacial score (nSPS) is 13.3. The van der Waals surface area contributed by atoms with Crippen LogP contribution in [0, 0.1) is 11.7 Å². The zero-order valence-electron chi connectivity index (χ0n) is 22.6. The van der Waals surface area contributed by atoms with Gasteiger partial charge in [-0.1, -0.05) is 55.8 Å². The molecule has 0 bridgehead atoms. The molecule has 0 spiro atoms. The number of carbonyl (C=O) groups excluding carboxylic acids is 2. The summed E-state index contributed by atoms with van der Waals surface area (Å²) < 4.78 is 41.5. The van der Waals surface area contributed by atoms with Crippen molar-refractivity contribution in [2.24, 2.45) is 11.7 Å². The minimum atomic E-state index is -4.23. The van der Waals surface area contributed by atoms with Crippen LogP contribution in [0.2, 0.25) is 0 Å². The molecule has 0 radical (unpaired) electrons. The zero-order chi connectivity index (χ0) is 29.3. The molecule has 0 saturated carbocycles. The van der Waals surface area contributed by atoms with Crippen molar-refractivity contribution >= 4 is 38.3 Å². The van der Waals surface area contributed by atoms with Gasteiger partial charge in [0.05, 0.1) is 17.2 Å². The summed E-state index contributed by atoms with van der Waals surface area (Å²) in [4.78, 5) is 23.8. The first-order valence-electron chi connectivity index (χ1n) is 13.2. The summed E-state index contributed by atoms with van der Waals surface area (Å²) in [6.45, 7) is 1.13. The Hall–Kier alpha value is -3.54. The first-order chi connectivity index (χ1) is 19.0. The molecule has 0 aromatic heterocycles. The Morgan fingerprint density at radius 1 is 1.05 bits per heavy atom. The van der Waals surface area contributed by atoms with E-state index in [0.717, 1.165) is 38.8 Å². The summed E-state index contributed by atoms with van der Waals surface area (Å²) in [5, 5.41) is 15.2. The summed E-state index contributed by atoms with van der Waals surface area (Å²) in [5.41, 5.74) is 11.7. The van der Waals surface area contributed by atoms with Gasteiger partial charge in [0, 0.05) is 31.5 Å². The maximum Gasteiger partial charge on any atom is 0.243 e. The van der Waals surface area contributed by atoms with Crippen LogP contribution in [0.25, 0.3) is 10.8 Å². The number of halogens is 1. The molecule has 0 aliphatic heterocycles. The number of rotatable bonds is 15. The second-order valence-corrected chi connectivity index (χ2v) is 11.8. The van der Waals surface area contributed by atoms with Crippen LogP contribution in [0.4, 0.5) is 10.1 Å². The van der Waals surface area contributed by atoms with E-state index >= 15 is 0 Å². The van der Waals surface area contributed by atoms with Crippen molar-refractivity contribution in [3.63, 3.8) is 0 Å². The van der Waals surface area contributed by atoms with Crippen LogP contribution in [0.3, 0.4) is 0 Å². The molecule has 3 aromatic rings. The molecule has 0 heterocycles. The number of aliphatic hydroxyl groups is 1. The van der Waals surface area contributed by atoms with E-state index < -0.39 is 40.3 Å². The monoisotopic (exact) mass is 572 g/mol. The molecule has 0 aliphatic carbocycles. The fourth-order valence-electron chi connectivity index (χ4n) is 4.42. The maximum atomic E-state index is 13.7. The van der Waals surface area contributed by atoms with Gasteiger partial charge < -0.3 is 21.9 Å². The minimum absolute atomic E-state index is 0.0831. The van der Waals surface area contributed by atoms with Crippen LogP contribution in [0.1, 0.15) is 38.2 Å². The van der Waals surface area contributed by atoms with Crippen molar-refractivity contribution in [3.8, 4) is 0 Å². The molecule has 2 unspecified atom stereocenters. The third-order valence-electron chi connectivity index (χ3n) is 6.87. The highest BCUT2D eigenvalue weighted by Gasteiger charge is 2.33. The number of sulfonamides is 1. The average Bonchev–Trinajstić information content (AvgIpc) is 2.93. The number of nitrogens with one attached hydrogen (secondary N) is 1. The van der Waals surface area contributed by atoms with E-state index in [1.54, 1.807) is 0 Å². The number of benzene rings is 3. The highest BCUT2D eigenvalue weighted by molar-refractivity contribution is 7.89. The van der Waals surface area contributed by atoms with Crippen molar-refractivity contribution in [1.82, 2.24) is 9.62 Å². The van der Waals surface area contributed by atoms with Gasteiger partial charge in [0.1, 0.15) is 5.82 Å².